The molecule has 7 nitrogen and oxygen atoms in total. The molecule has 0 fully saturated rings. The highest BCUT2D eigenvalue weighted by Crippen LogP contribution is 2.30. The molecule has 28 heavy (non-hydrogen) atoms. The van der Waals surface area contributed by atoms with Crippen LogP contribution in [0.15, 0.2) is 47.4 Å². The third kappa shape index (κ3) is 5.18. The minimum Gasteiger partial charge on any atom is -0.490 e. The number of carbonyl (C=O) groups is 2. The lowest BCUT2D eigenvalue weighted by atomic mass is 10.2. The average molecular weight is 398 g/mol. The lowest BCUT2D eigenvalue weighted by Crippen LogP contribution is -2.21. The second kappa shape index (κ2) is 9.67. The number of benzene rings is 2. The van der Waals surface area contributed by atoms with Crippen molar-refractivity contribution in [2.75, 3.05) is 30.9 Å². The van der Waals surface area contributed by atoms with E-state index in [0.29, 0.717) is 30.4 Å². The number of fused-ring (bicyclic) bond motifs is 1. The van der Waals surface area contributed by atoms with E-state index in [1.807, 2.05) is 12.1 Å². The Hall–Kier alpha value is -3.18. The van der Waals surface area contributed by atoms with Gasteiger partial charge in [0, 0.05) is 11.3 Å². The first-order chi connectivity index (χ1) is 13.7. The molecule has 0 saturated heterocycles. The summed E-state index contributed by atoms with van der Waals surface area (Å²) >= 11 is 1.32. The average Bonchev–Trinajstić information content (AvgIpc) is 2.96. The van der Waals surface area contributed by atoms with Crippen molar-refractivity contribution in [3.05, 3.63) is 48.0 Å². The Balaban J connectivity index is 1.57. The minimum atomic E-state index is -0.627. The smallest absolute Gasteiger partial charge is 0.338 e. The molecule has 0 radical (unpaired) electrons. The third-order valence-corrected chi connectivity index (χ3v) is 4.71. The van der Waals surface area contributed by atoms with Crippen LogP contribution in [-0.2, 0) is 9.53 Å². The van der Waals surface area contributed by atoms with Gasteiger partial charge in [-0.1, -0.05) is 12.1 Å². The quantitative estimate of drug-likeness (QED) is 0.589. The number of carbonyl (C=O) groups excluding carboxylic acids is 2. The van der Waals surface area contributed by atoms with E-state index in [9.17, 15) is 9.59 Å². The highest BCUT2D eigenvalue weighted by molar-refractivity contribution is 7.99. The van der Waals surface area contributed by atoms with Gasteiger partial charge in [-0.3, -0.25) is 4.79 Å². The molecule has 0 unspecified atom stereocenters. The van der Waals surface area contributed by atoms with E-state index in [0.717, 1.165) is 11.3 Å². The number of hydrogen-bond donors (Lipinski definition) is 1. The number of para-hydroxylation sites is 1. The van der Waals surface area contributed by atoms with Crippen LogP contribution >= 0.6 is 11.8 Å². The van der Waals surface area contributed by atoms with E-state index in [-0.39, 0.29) is 11.3 Å². The molecule has 1 heterocycles. The maximum atomic E-state index is 12.2. The maximum Gasteiger partial charge on any atom is 0.338 e. The molecule has 144 valence electrons. The number of anilines is 1. The van der Waals surface area contributed by atoms with Crippen LogP contribution in [0.25, 0.3) is 0 Å². The summed E-state index contributed by atoms with van der Waals surface area (Å²) in [5.41, 5.74) is 0.849. The Labute approximate surface area is 166 Å². The predicted octanol–water partition coefficient (Wildman–Crippen LogP) is 3.26. The van der Waals surface area contributed by atoms with E-state index in [1.165, 1.54) is 11.8 Å². The Morgan fingerprint density at radius 1 is 1.14 bits per heavy atom. The van der Waals surface area contributed by atoms with Gasteiger partial charge in [-0.25, -0.2) is 4.79 Å². The second-order valence-corrected chi connectivity index (χ2v) is 6.80. The molecule has 2 aromatic carbocycles. The van der Waals surface area contributed by atoms with Crippen LogP contribution in [0.1, 0.15) is 16.8 Å². The van der Waals surface area contributed by atoms with Crippen molar-refractivity contribution in [2.45, 2.75) is 11.3 Å². The maximum absolute atomic E-state index is 12.2. The van der Waals surface area contributed by atoms with E-state index >= 15 is 0 Å². The van der Waals surface area contributed by atoms with Gasteiger partial charge in [0.2, 0.25) is 0 Å². The van der Waals surface area contributed by atoms with Crippen LogP contribution in [0.5, 0.6) is 11.5 Å². The Bertz CT molecular complexity index is 910. The van der Waals surface area contributed by atoms with Crippen molar-refractivity contribution in [2.24, 2.45) is 0 Å². The molecular weight excluding hydrogens is 380 g/mol. The Morgan fingerprint density at radius 3 is 2.75 bits per heavy atom. The fourth-order valence-corrected chi connectivity index (χ4v) is 3.17. The topological polar surface area (TPSA) is 97.7 Å². The summed E-state index contributed by atoms with van der Waals surface area (Å²) in [6.45, 7) is 0.646. The Morgan fingerprint density at radius 2 is 1.93 bits per heavy atom. The van der Waals surface area contributed by atoms with Crippen molar-refractivity contribution in [3.8, 4) is 17.6 Å². The number of nitrogens with zero attached hydrogens (tertiary/aromatic N) is 1. The standard InChI is InChI=1S/C20H18N2O5S/c21-8-11-28-18-5-2-1-4-15(18)22-19(23)13-27-20(24)14-6-7-16-17(12-14)26-10-3-9-25-16/h1-2,4-7,12H,3,9-11,13H2,(H,22,23). The Kier molecular flexibility index (Phi) is 6.76. The summed E-state index contributed by atoms with van der Waals surface area (Å²) in [4.78, 5) is 25.2. The van der Waals surface area contributed by atoms with Crippen LogP contribution in [-0.4, -0.2) is 37.4 Å². The van der Waals surface area contributed by atoms with Crippen LogP contribution in [0, 0.1) is 11.3 Å². The molecule has 1 N–H and O–H groups in total. The first kappa shape index (κ1) is 19.6. The summed E-state index contributed by atoms with van der Waals surface area (Å²) in [5.74, 6) is 0.246. The molecule has 0 aliphatic carbocycles. The zero-order chi connectivity index (χ0) is 19.8. The van der Waals surface area contributed by atoms with E-state index < -0.39 is 18.5 Å². The number of rotatable bonds is 6. The number of hydrogen-bond acceptors (Lipinski definition) is 7. The summed E-state index contributed by atoms with van der Waals surface area (Å²) in [6.07, 6.45) is 0.767. The van der Waals surface area contributed by atoms with Gasteiger partial charge < -0.3 is 19.5 Å². The van der Waals surface area contributed by atoms with Crippen molar-refractivity contribution < 1.29 is 23.8 Å². The van der Waals surface area contributed by atoms with Crippen LogP contribution in [0.4, 0.5) is 5.69 Å². The molecule has 0 aromatic heterocycles. The lowest BCUT2D eigenvalue weighted by Gasteiger charge is -2.11. The van der Waals surface area contributed by atoms with Gasteiger partial charge in [0.05, 0.1) is 36.3 Å². The summed E-state index contributed by atoms with van der Waals surface area (Å²) in [7, 11) is 0. The monoisotopic (exact) mass is 398 g/mol. The molecule has 0 spiro atoms. The molecule has 1 aliphatic heterocycles. The first-order valence-electron chi connectivity index (χ1n) is 8.63. The van der Waals surface area contributed by atoms with Crippen molar-refractivity contribution in [3.63, 3.8) is 0 Å². The summed E-state index contributed by atoms with van der Waals surface area (Å²) in [5, 5.41) is 11.4. The highest BCUT2D eigenvalue weighted by atomic mass is 32.2. The number of amides is 1. The van der Waals surface area contributed by atoms with Crippen molar-refractivity contribution in [1.82, 2.24) is 0 Å². The van der Waals surface area contributed by atoms with Crippen molar-refractivity contribution >= 4 is 29.3 Å². The van der Waals surface area contributed by atoms with E-state index in [4.69, 9.17) is 19.5 Å². The molecule has 8 heteroatoms. The number of ether oxygens (including phenoxy) is 3. The van der Waals surface area contributed by atoms with Gasteiger partial charge in [-0.05, 0) is 30.3 Å². The number of thioether (sulfide) groups is 1. The molecule has 0 atom stereocenters. The molecule has 0 saturated carbocycles. The van der Waals surface area contributed by atoms with Crippen LogP contribution in [0.2, 0.25) is 0 Å². The van der Waals surface area contributed by atoms with E-state index in [2.05, 4.69) is 5.32 Å². The molecule has 1 amide bonds. The SMILES string of the molecule is N#CCSc1ccccc1NC(=O)COC(=O)c1ccc2c(c1)OCCCO2. The molecule has 1 aliphatic rings. The zero-order valence-corrected chi connectivity index (χ0v) is 15.8. The summed E-state index contributed by atoms with van der Waals surface area (Å²) in [6, 6.07) is 13.9. The minimum absolute atomic E-state index is 0.270. The van der Waals surface area contributed by atoms with Gasteiger partial charge in [-0.15, -0.1) is 11.8 Å². The molecular formula is C20H18N2O5S. The first-order valence-corrected chi connectivity index (χ1v) is 9.61. The van der Waals surface area contributed by atoms with Crippen LogP contribution in [0.3, 0.4) is 0 Å². The summed E-state index contributed by atoms with van der Waals surface area (Å²) < 4.78 is 16.2. The van der Waals surface area contributed by atoms with Gasteiger partial charge in [-0.2, -0.15) is 5.26 Å². The third-order valence-electron chi connectivity index (χ3n) is 3.77. The second-order valence-electron chi connectivity index (χ2n) is 5.78. The van der Waals surface area contributed by atoms with Crippen LogP contribution < -0.4 is 14.8 Å². The predicted molar refractivity (Wildman–Crippen MR) is 104 cm³/mol. The van der Waals surface area contributed by atoms with Gasteiger partial charge in [0.1, 0.15) is 0 Å². The molecule has 2 aromatic rings. The molecule has 0 bridgehead atoms. The normalized spacial score (nSPS) is 12.4. The number of nitriles is 1. The largest absolute Gasteiger partial charge is 0.490 e. The van der Waals surface area contributed by atoms with Crippen molar-refractivity contribution in [1.29, 1.82) is 5.26 Å². The van der Waals surface area contributed by atoms with Gasteiger partial charge >= 0.3 is 5.97 Å². The molecule has 3 rings (SSSR count). The van der Waals surface area contributed by atoms with Gasteiger partial charge in [0.25, 0.3) is 5.91 Å². The fourth-order valence-electron chi connectivity index (χ4n) is 2.50. The van der Waals surface area contributed by atoms with E-state index in [1.54, 1.807) is 36.4 Å². The lowest BCUT2D eigenvalue weighted by molar-refractivity contribution is -0.119. The highest BCUT2D eigenvalue weighted by Gasteiger charge is 2.16. The number of nitrogens with one attached hydrogen (secondary N) is 1. The number of esters is 1. The zero-order valence-electron chi connectivity index (χ0n) is 15.0. The fraction of sp³-hybridized carbons (Fsp3) is 0.250. The van der Waals surface area contributed by atoms with Gasteiger partial charge in [0.15, 0.2) is 18.1 Å².